The number of methoxy groups -OCH3 is 2. The largest absolute Gasteiger partial charge is 0.392 e. The van der Waals surface area contributed by atoms with Crippen molar-refractivity contribution < 1.29 is 82.8 Å². The fraction of sp³-hybridized carbons (Fsp3) is 0.936. The van der Waals surface area contributed by atoms with Crippen molar-refractivity contribution >= 4 is 5.78 Å². The minimum Gasteiger partial charge on any atom is -0.392 e. The summed E-state index contributed by atoms with van der Waals surface area (Å²) >= 11 is 0. The first-order valence-electron chi connectivity index (χ1n) is 23.8. The maximum Gasteiger partial charge on any atom is 0.161 e. The average molecular weight is 913 g/mol. The number of fused-ring (bicyclic) bond motifs is 5. The van der Waals surface area contributed by atoms with Crippen LogP contribution < -0.4 is 0 Å². The van der Waals surface area contributed by atoms with Crippen LogP contribution in [-0.2, 0) is 52.2 Å². The van der Waals surface area contributed by atoms with E-state index in [-0.39, 0.29) is 37.6 Å². The van der Waals surface area contributed by atoms with E-state index < -0.39 is 138 Å². The maximum atomic E-state index is 12.7. The molecule has 0 spiro atoms. The van der Waals surface area contributed by atoms with Gasteiger partial charge in [-0.2, -0.15) is 0 Å². The Balaban J connectivity index is 0.824. The molecule has 4 saturated heterocycles. The minimum absolute atomic E-state index is 0.0647. The van der Waals surface area contributed by atoms with E-state index in [0.29, 0.717) is 44.9 Å². The molecule has 6 N–H and O–H groups in total. The lowest BCUT2D eigenvalue weighted by atomic mass is 9.43. The highest BCUT2D eigenvalue weighted by atomic mass is 16.8. The van der Waals surface area contributed by atoms with Crippen molar-refractivity contribution in [2.45, 2.75) is 241 Å². The zero-order valence-electron chi connectivity index (χ0n) is 39.1. The second-order valence-electron chi connectivity index (χ2n) is 20.9. The number of carbonyl (C=O) groups excluding carboxylic acids is 1. The quantitative estimate of drug-likeness (QED) is 0.164. The molecule has 4 aliphatic carbocycles. The van der Waals surface area contributed by atoms with Crippen molar-refractivity contribution in [3.05, 3.63) is 11.6 Å². The van der Waals surface area contributed by atoms with Crippen molar-refractivity contribution in [2.75, 3.05) is 14.2 Å². The summed E-state index contributed by atoms with van der Waals surface area (Å²) < 4.78 is 61.5. The molecule has 0 amide bonds. The molecular formula is C47H76O17. The van der Waals surface area contributed by atoms with Crippen LogP contribution in [-0.4, -0.2) is 172 Å². The summed E-state index contributed by atoms with van der Waals surface area (Å²) in [6.45, 7) is 12.7. The fourth-order valence-electron chi connectivity index (χ4n) is 13.6. The van der Waals surface area contributed by atoms with Crippen molar-refractivity contribution in [2.24, 2.45) is 22.7 Å². The van der Waals surface area contributed by atoms with Gasteiger partial charge in [-0.15, -0.1) is 0 Å². The van der Waals surface area contributed by atoms with Gasteiger partial charge in [-0.1, -0.05) is 25.5 Å². The molecule has 8 rings (SSSR count). The molecule has 0 radical (unpaired) electrons. The van der Waals surface area contributed by atoms with E-state index in [0.717, 1.165) is 5.57 Å². The average Bonchev–Trinajstić information content (AvgIpc) is 3.53. The normalized spacial score (nSPS) is 54.3. The van der Waals surface area contributed by atoms with Gasteiger partial charge in [0.15, 0.2) is 25.2 Å². The van der Waals surface area contributed by atoms with Crippen LogP contribution in [0.2, 0.25) is 0 Å². The topological polar surface area (TPSA) is 231 Å². The third-order valence-electron chi connectivity index (χ3n) is 17.4. The highest BCUT2D eigenvalue weighted by Crippen LogP contribution is 2.69. The first-order chi connectivity index (χ1) is 30.2. The standard InChI is InChI=1S/C47H76O17/c1-22(48)29-12-15-47(54)45(29,7)35(51)21-34-44(6)13-11-28(16-27(44)10-14-46(34,47)53)61-36-17-30(49)41(24(3)58-36)63-39-20-33(56-9)43(26(5)60-39)64-37-18-31(50)42(25(4)59-37)62-38-19-32(55-8)40(52)23(2)57-38/h10,23-26,28-43,49-54H,11-21H2,1-9H3/t23-,24-,25-,26-,28+,29+,30+,31+,32+,33-,34-,35-,36+,37+,38+,39+,40-,41-,42-,43-,44+,45+,46+,47-/m1/s1. The molecule has 3 saturated carbocycles. The van der Waals surface area contributed by atoms with E-state index in [1.165, 1.54) is 14.0 Å². The smallest absolute Gasteiger partial charge is 0.161 e. The third-order valence-corrected chi connectivity index (χ3v) is 17.4. The van der Waals surface area contributed by atoms with Crippen LogP contribution in [0.25, 0.3) is 0 Å². The summed E-state index contributed by atoms with van der Waals surface area (Å²) in [6, 6.07) is 0. The number of carbonyl (C=O) groups is 1. The second kappa shape index (κ2) is 18.6. The predicted octanol–water partition coefficient (Wildman–Crippen LogP) is 2.55. The predicted molar refractivity (Wildman–Crippen MR) is 225 cm³/mol. The number of hydrogen-bond acceptors (Lipinski definition) is 17. The molecular weight excluding hydrogens is 836 g/mol. The molecule has 64 heavy (non-hydrogen) atoms. The van der Waals surface area contributed by atoms with Gasteiger partial charge >= 0.3 is 0 Å². The maximum absolute atomic E-state index is 12.7. The molecule has 366 valence electrons. The number of hydrogen-bond donors (Lipinski definition) is 6. The van der Waals surface area contributed by atoms with E-state index in [1.807, 2.05) is 13.8 Å². The van der Waals surface area contributed by atoms with Crippen LogP contribution >= 0.6 is 0 Å². The monoisotopic (exact) mass is 913 g/mol. The lowest BCUT2D eigenvalue weighted by molar-refractivity contribution is -0.345. The lowest BCUT2D eigenvalue weighted by Gasteiger charge is -2.66. The summed E-state index contributed by atoms with van der Waals surface area (Å²) in [5.41, 5.74) is -3.55. The Bertz CT molecular complexity index is 1660. The van der Waals surface area contributed by atoms with E-state index in [9.17, 15) is 35.4 Å². The molecule has 24 atom stereocenters. The van der Waals surface area contributed by atoms with Crippen LogP contribution in [0.15, 0.2) is 11.6 Å². The fourth-order valence-corrected chi connectivity index (χ4v) is 13.6. The molecule has 7 fully saturated rings. The van der Waals surface area contributed by atoms with E-state index in [2.05, 4.69) is 13.0 Å². The second-order valence-corrected chi connectivity index (χ2v) is 20.9. The minimum atomic E-state index is -1.60. The van der Waals surface area contributed by atoms with E-state index in [1.54, 1.807) is 27.9 Å². The summed E-state index contributed by atoms with van der Waals surface area (Å²) in [5, 5.41) is 69.5. The van der Waals surface area contributed by atoms with Gasteiger partial charge in [-0.3, -0.25) is 4.79 Å². The number of aliphatic hydroxyl groups excluding tert-OH is 4. The molecule has 0 aromatic rings. The molecule has 0 unspecified atom stereocenters. The van der Waals surface area contributed by atoms with Crippen LogP contribution in [0, 0.1) is 22.7 Å². The Kier molecular flexibility index (Phi) is 14.3. The first kappa shape index (κ1) is 49.2. The van der Waals surface area contributed by atoms with Crippen molar-refractivity contribution in [1.82, 2.24) is 0 Å². The van der Waals surface area contributed by atoms with Gasteiger partial charge in [-0.25, -0.2) is 0 Å². The molecule has 8 aliphatic rings. The Hall–Kier alpha value is -1.23. The Morgan fingerprint density at radius 3 is 1.75 bits per heavy atom. The van der Waals surface area contributed by atoms with Gasteiger partial charge < -0.3 is 78.0 Å². The zero-order chi connectivity index (χ0) is 46.3. The first-order valence-corrected chi connectivity index (χ1v) is 23.8. The summed E-state index contributed by atoms with van der Waals surface area (Å²) in [5.74, 6) is -0.972. The van der Waals surface area contributed by atoms with Crippen LogP contribution in [0.5, 0.6) is 0 Å². The number of rotatable bonds is 11. The molecule has 0 bridgehead atoms. The SMILES string of the molecule is CO[C@H]1C[C@H](O[C@H]2[C@@H](O)C[C@H](O[C@@H]3[C@@H](C)O[C@@H](O[C@H]4[C@@H](O)C[C@H](O[C@H]5CC[C@@]6(C)C(=CC[C@]7(O)[C@@H]6C[C@@H](O)[C@]6(C)[C@H](C(C)=O)CC[C@@]67O)C5)O[C@@H]4C)C[C@H]3OC)O[C@@H]2C)O[C@H](C)[C@H]1O. The van der Waals surface area contributed by atoms with E-state index >= 15 is 0 Å². The number of Topliss-reactive ketones (excluding diaryl/α,β-unsaturated/α-hetero) is 1. The van der Waals surface area contributed by atoms with Gasteiger partial charge in [0.25, 0.3) is 0 Å². The summed E-state index contributed by atoms with van der Waals surface area (Å²) in [6.07, 6.45) is -5.40. The number of aliphatic hydroxyl groups is 6. The lowest BCUT2D eigenvalue weighted by Crippen LogP contribution is -2.75. The number of ketones is 1. The van der Waals surface area contributed by atoms with Gasteiger partial charge in [0.2, 0.25) is 0 Å². The zero-order valence-corrected chi connectivity index (χ0v) is 39.1. The highest BCUT2D eigenvalue weighted by Gasteiger charge is 2.76. The molecule has 4 heterocycles. The van der Waals surface area contributed by atoms with Crippen molar-refractivity contribution in [3.8, 4) is 0 Å². The molecule has 4 aliphatic heterocycles. The van der Waals surface area contributed by atoms with Crippen LogP contribution in [0.4, 0.5) is 0 Å². The third kappa shape index (κ3) is 8.40. The Morgan fingerprint density at radius 2 is 1.19 bits per heavy atom. The van der Waals surface area contributed by atoms with Crippen molar-refractivity contribution in [3.63, 3.8) is 0 Å². The van der Waals surface area contributed by atoms with Crippen LogP contribution in [0.3, 0.4) is 0 Å². The molecule has 0 aromatic heterocycles. The highest BCUT2D eigenvalue weighted by molar-refractivity contribution is 5.80. The number of ether oxygens (including phenoxy) is 10. The Morgan fingerprint density at radius 1 is 0.672 bits per heavy atom. The van der Waals surface area contributed by atoms with Crippen LogP contribution in [0.1, 0.15) is 119 Å². The molecule has 0 aromatic carbocycles. The summed E-state index contributed by atoms with van der Waals surface area (Å²) in [4.78, 5) is 12.7. The van der Waals surface area contributed by atoms with Gasteiger partial charge in [-0.05, 0) is 85.0 Å². The summed E-state index contributed by atoms with van der Waals surface area (Å²) in [7, 11) is 3.12. The molecule has 17 nitrogen and oxygen atoms in total. The van der Waals surface area contributed by atoms with Gasteiger partial charge in [0, 0.05) is 57.2 Å². The van der Waals surface area contributed by atoms with Crippen molar-refractivity contribution in [1.29, 1.82) is 0 Å². The Labute approximate surface area is 377 Å². The van der Waals surface area contributed by atoms with Gasteiger partial charge in [0.1, 0.15) is 41.4 Å². The van der Waals surface area contributed by atoms with Gasteiger partial charge in [0.05, 0.1) is 61.0 Å². The van der Waals surface area contributed by atoms with E-state index in [4.69, 9.17) is 47.4 Å². The molecule has 17 heteroatoms.